The van der Waals surface area contributed by atoms with Gasteiger partial charge in [-0.05, 0) is 61.9 Å². The van der Waals surface area contributed by atoms with Crippen LogP contribution in [0.2, 0.25) is 0 Å². The van der Waals surface area contributed by atoms with Gasteiger partial charge in [-0.15, -0.1) is 6.58 Å². The van der Waals surface area contributed by atoms with Gasteiger partial charge in [0.15, 0.2) is 11.6 Å². The fraction of sp³-hybridized carbons (Fsp3) is 0.553. The molecule has 2 aliphatic carbocycles. The number of hydrogen-bond acceptors (Lipinski definition) is 8. The highest BCUT2D eigenvalue weighted by atomic mass is 32.2. The number of Topliss-reactive ketones (excluding diaryl/α,β-unsaturated/α-hetero) is 1. The van der Waals surface area contributed by atoms with Crippen LogP contribution in [0.15, 0.2) is 83.8 Å². The van der Waals surface area contributed by atoms with Crippen LogP contribution in [0.1, 0.15) is 53.0 Å². The summed E-state index contributed by atoms with van der Waals surface area (Å²) in [6, 6.07) is 17.1. The summed E-state index contributed by atoms with van der Waals surface area (Å²) < 4.78 is 51.8. The highest BCUT2D eigenvalue weighted by molar-refractivity contribution is 7.86. The SMILES string of the molecule is C=C[C@@H](OCc1ccc(OC)cc1)[C@]1([C@@H]2[C@H](C)C(=O)[C@H](OCOC)[C@H]3CC/C(=C/[C@H]2S(=O)c2ccccc2)C3(C)C)COC(C)(C)O1. The molecule has 1 saturated heterocycles. The fourth-order valence-electron chi connectivity index (χ4n) is 7.84. The van der Waals surface area contributed by atoms with Gasteiger partial charge in [-0.3, -0.25) is 9.00 Å². The van der Waals surface area contributed by atoms with Crippen LogP contribution in [0.3, 0.4) is 0 Å². The second kappa shape index (κ2) is 14.4. The van der Waals surface area contributed by atoms with Gasteiger partial charge in [0.05, 0.1) is 36.4 Å². The van der Waals surface area contributed by atoms with Gasteiger partial charge in [0.25, 0.3) is 0 Å². The molecule has 2 fully saturated rings. The molecule has 0 N–H and O–H groups in total. The Morgan fingerprint density at radius 2 is 1.77 bits per heavy atom. The first-order valence-electron chi connectivity index (χ1n) is 16.4. The van der Waals surface area contributed by atoms with Gasteiger partial charge in [-0.1, -0.05) is 68.8 Å². The van der Waals surface area contributed by atoms with Crippen molar-refractivity contribution >= 4 is 16.6 Å². The second-order valence-electron chi connectivity index (χ2n) is 13.9. The maximum absolute atomic E-state index is 14.9. The van der Waals surface area contributed by atoms with Gasteiger partial charge >= 0.3 is 0 Å². The molecule has 0 radical (unpaired) electrons. The highest BCUT2D eigenvalue weighted by Crippen LogP contribution is 2.54. The molecule has 8 nitrogen and oxygen atoms in total. The first-order valence-corrected chi connectivity index (χ1v) is 17.6. The third-order valence-electron chi connectivity index (χ3n) is 10.3. The van der Waals surface area contributed by atoms with E-state index in [9.17, 15) is 9.00 Å². The molecular weight excluding hydrogens is 616 g/mol. The van der Waals surface area contributed by atoms with E-state index in [1.807, 2.05) is 75.4 Å². The number of rotatable bonds is 12. The van der Waals surface area contributed by atoms with E-state index in [1.54, 1.807) is 20.3 Å². The zero-order valence-electron chi connectivity index (χ0n) is 28.7. The van der Waals surface area contributed by atoms with Crippen molar-refractivity contribution < 1.29 is 37.4 Å². The van der Waals surface area contributed by atoms with Crippen LogP contribution in [-0.2, 0) is 45.9 Å². The van der Waals surface area contributed by atoms with Crippen LogP contribution in [0.5, 0.6) is 5.75 Å². The minimum Gasteiger partial charge on any atom is -0.497 e. The zero-order valence-corrected chi connectivity index (χ0v) is 29.5. The lowest BCUT2D eigenvalue weighted by Gasteiger charge is -2.46. The minimum absolute atomic E-state index is 0.00314. The molecule has 1 saturated carbocycles. The monoisotopic (exact) mass is 666 g/mol. The maximum Gasteiger partial charge on any atom is 0.165 e. The predicted octanol–water partition coefficient (Wildman–Crippen LogP) is 6.65. The predicted molar refractivity (Wildman–Crippen MR) is 181 cm³/mol. The number of hydrogen-bond donors (Lipinski definition) is 0. The number of allylic oxidation sites excluding steroid dienone is 1. The molecule has 3 aliphatic rings. The number of methoxy groups -OCH3 is 2. The summed E-state index contributed by atoms with van der Waals surface area (Å²) in [5, 5.41) is -0.616. The number of benzene rings is 2. The van der Waals surface area contributed by atoms with Gasteiger partial charge in [0, 0.05) is 29.8 Å². The first-order chi connectivity index (χ1) is 22.4. The van der Waals surface area contributed by atoms with E-state index >= 15 is 0 Å². The van der Waals surface area contributed by atoms with E-state index in [-0.39, 0.29) is 37.1 Å². The Kier molecular flexibility index (Phi) is 11.0. The normalized spacial score (nSPS) is 32.4. The maximum atomic E-state index is 14.9. The Morgan fingerprint density at radius 3 is 2.36 bits per heavy atom. The van der Waals surface area contributed by atoms with Gasteiger partial charge in [-0.2, -0.15) is 0 Å². The average Bonchev–Trinajstić information content (AvgIpc) is 3.55. The molecule has 256 valence electrons. The first kappa shape index (κ1) is 35.6. The molecule has 2 aromatic carbocycles. The lowest BCUT2D eigenvalue weighted by molar-refractivity contribution is -0.208. The minimum atomic E-state index is -1.56. The van der Waals surface area contributed by atoms with Crippen LogP contribution in [0.25, 0.3) is 0 Å². The Labute approximate surface area is 282 Å². The molecule has 1 unspecified atom stereocenters. The average molecular weight is 667 g/mol. The summed E-state index contributed by atoms with van der Waals surface area (Å²) in [5.74, 6) is -1.69. The van der Waals surface area contributed by atoms with E-state index in [4.69, 9.17) is 28.4 Å². The molecular formula is C38H50O8S. The van der Waals surface area contributed by atoms with Gasteiger partial charge in [0.2, 0.25) is 0 Å². The largest absolute Gasteiger partial charge is 0.497 e. The number of carbonyl (C=O) groups is 1. The van der Waals surface area contributed by atoms with Crippen molar-refractivity contribution in [2.24, 2.45) is 23.2 Å². The number of ketones is 1. The van der Waals surface area contributed by atoms with Crippen molar-refractivity contribution in [3.63, 3.8) is 0 Å². The molecule has 2 bridgehead atoms. The Bertz CT molecular complexity index is 1450. The topological polar surface area (TPSA) is 89.5 Å². The van der Waals surface area contributed by atoms with Crippen molar-refractivity contribution in [2.45, 2.75) is 87.8 Å². The Hall–Kier alpha value is -2.66. The van der Waals surface area contributed by atoms with Crippen molar-refractivity contribution in [3.05, 3.63) is 84.5 Å². The second-order valence-corrected chi connectivity index (χ2v) is 15.5. The molecule has 0 spiro atoms. The number of carbonyl (C=O) groups excluding carboxylic acids is 1. The van der Waals surface area contributed by atoms with Crippen molar-refractivity contribution in [1.29, 1.82) is 0 Å². The van der Waals surface area contributed by atoms with Crippen LogP contribution in [0.4, 0.5) is 0 Å². The number of fused-ring (bicyclic) bond motifs is 2. The van der Waals surface area contributed by atoms with E-state index < -0.39 is 51.5 Å². The lowest BCUT2D eigenvalue weighted by atomic mass is 9.70. The summed E-state index contributed by atoms with van der Waals surface area (Å²) in [6.07, 6.45) is 4.03. The quantitative estimate of drug-likeness (QED) is 0.184. The summed E-state index contributed by atoms with van der Waals surface area (Å²) in [7, 11) is 1.63. The van der Waals surface area contributed by atoms with Crippen LogP contribution in [0, 0.1) is 23.2 Å². The summed E-state index contributed by atoms with van der Waals surface area (Å²) in [4.78, 5) is 15.6. The molecule has 0 aromatic heterocycles. The van der Waals surface area contributed by atoms with E-state index in [2.05, 4.69) is 26.5 Å². The van der Waals surface area contributed by atoms with E-state index in [0.29, 0.717) is 4.90 Å². The third kappa shape index (κ3) is 7.07. The molecule has 1 aliphatic heterocycles. The summed E-state index contributed by atoms with van der Waals surface area (Å²) >= 11 is 0. The third-order valence-corrected chi connectivity index (χ3v) is 12.0. The molecule has 9 heteroatoms. The molecule has 2 aromatic rings. The summed E-state index contributed by atoms with van der Waals surface area (Å²) in [6.45, 7) is 14.5. The summed E-state index contributed by atoms with van der Waals surface area (Å²) in [5.41, 5.74) is 0.503. The van der Waals surface area contributed by atoms with Crippen LogP contribution < -0.4 is 4.74 Å². The van der Waals surface area contributed by atoms with Crippen LogP contribution >= 0.6 is 0 Å². The zero-order chi connectivity index (χ0) is 34.0. The number of ether oxygens (including phenoxy) is 6. The molecule has 5 rings (SSSR count). The lowest BCUT2D eigenvalue weighted by Crippen LogP contribution is -2.60. The standard InChI is InChI=1S/C38H50O8S/c1-9-32(43-22-26-15-18-28(42-8)19-16-26)38(23-45-37(5,6)46-38)33-25(2)34(39)35(44-24-41-7)30-20-17-27(36(30,3)4)21-31(33)47(40)29-13-11-10-12-14-29/h9-16,18-19,21,25,30-33,35H,1,17,20,22-24H2,2-8H3/b27-21-/t25-,30+,31+,32+,33+,35+,38-,47?/m0/s1. The van der Waals surface area contributed by atoms with Gasteiger partial charge < -0.3 is 28.4 Å². The Balaban J connectivity index is 1.68. The molecule has 1 heterocycles. The fourth-order valence-corrected chi connectivity index (χ4v) is 9.60. The van der Waals surface area contributed by atoms with Gasteiger partial charge in [-0.25, -0.2) is 0 Å². The van der Waals surface area contributed by atoms with Crippen molar-refractivity contribution in [3.8, 4) is 5.75 Å². The molecule has 0 amide bonds. The van der Waals surface area contributed by atoms with Crippen molar-refractivity contribution in [1.82, 2.24) is 0 Å². The van der Waals surface area contributed by atoms with Crippen molar-refractivity contribution in [2.75, 3.05) is 27.6 Å². The Morgan fingerprint density at radius 1 is 1.06 bits per heavy atom. The van der Waals surface area contributed by atoms with Crippen LogP contribution in [-0.4, -0.2) is 66.5 Å². The molecule has 47 heavy (non-hydrogen) atoms. The smallest absolute Gasteiger partial charge is 0.165 e. The van der Waals surface area contributed by atoms with Gasteiger partial charge in [0.1, 0.15) is 30.4 Å². The highest BCUT2D eigenvalue weighted by Gasteiger charge is 2.62. The van der Waals surface area contributed by atoms with E-state index in [0.717, 1.165) is 29.7 Å². The van der Waals surface area contributed by atoms with E-state index in [1.165, 1.54) is 0 Å². The molecule has 8 atom stereocenters.